The van der Waals surface area contributed by atoms with Gasteiger partial charge in [-0.3, -0.25) is 4.79 Å². The second-order valence-electron chi connectivity index (χ2n) is 6.56. The lowest BCUT2D eigenvalue weighted by Crippen LogP contribution is -2.40. The number of carbonyl (C=O) groups is 1. The van der Waals surface area contributed by atoms with Crippen LogP contribution >= 0.6 is 0 Å². The summed E-state index contributed by atoms with van der Waals surface area (Å²) >= 11 is 0. The molecule has 0 bridgehead atoms. The van der Waals surface area contributed by atoms with Gasteiger partial charge in [-0.1, -0.05) is 27.7 Å². The first-order valence-electron chi connectivity index (χ1n) is 6.70. The molecule has 0 spiro atoms. The predicted molar refractivity (Wildman–Crippen MR) is 77.2 cm³/mol. The topological polar surface area (TPSA) is 59.6 Å². The van der Waals surface area contributed by atoms with E-state index in [9.17, 15) is 4.79 Å². The second kappa shape index (κ2) is 8.51. The van der Waals surface area contributed by atoms with Crippen molar-refractivity contribution < 1.29 is 14.3 Å². The Morgan fingerprint density at radius 1 is 1.05 bits per heavy atom. The van der Waals surface area contributed by atoms with Crippen LogP contribution < -0.4 is 10.6 Å². The molecule has 0 aliphatic heterocycles. The molecule has 0 saturated carbocycles. The van der Waals surface area contributed by atoms with E-state index in [1.165, 1.54) is 0 Å². The van der Waals surface area contributed by atoms with Gasteiger partial charge >= 0.3 is 0 Å². The van der Waals surface area contributed by atoms with Crippen LogP contribution in [0.1, 0.15) is 27.7 Å². The highest BCUT2D eigenvalue weighted by Crippen LogP contribution is 2.19. The summed E-state index contributed by atoms with van der Waals surface area (Å²) < 4.78 is 10.9. The number of ether oxygens (including phenoxy) is 2. The van der Waals surface area contributed by atoms with Gasteiger partial charge in [0.05, 0.1) is 26.4 Å². The zero-order chi connectivity index (χ0) is 14.9. The molecule has 0 saturated heterocycles. The highest BCUT2D eigenvalue weighted by atomic mass is 16.5. The third-order valence-corrected chi connectivity index (χ3v) is 2.62. The Balaban J connectivity index is 3.93. The van der Waals surface area contributed by atoms with E-state index >= 15 is 0 Å². The number of amides is 1. The van der Waals surface area contributed by atoms with E-state index in [1.807, 2.05) is 0 Å². The lowest BCUT2D eigenvalue weighted by molar-refractivity contribution is -0.120. The molecule has 19 heavy (non-hydrogen) atoms. The minimum Gasteiger partial charge on any atom is -0.384 e. The molecular weight excluding hydrogens is 244 g/mol. The molecule has 0 atom stereocenters. The van der Waals surface area contributed by atoms with Gasteiger partial charge in [-0.15, -0.1) is 0 Å². The molecule has 0 unspecified atom stereocenters. The van der Waals surface area contributed by atoms with Crippen molar-refractivity contribution >= 4 is 5.91 Å². The SMILES string of the molecule is CNCC(=O)NCC(C)(C)COCC(C)(C)COC. The van der Waals surface area contributed by atoms with Crippen molar-refractivity contribution in [3.8, 4) is 0 Å². The Morgan fingerprint density at radius 3 is 2.16 bits per heavy atom. The summed E-state index contributed by atoms with van der Waals surface area (Å²) in [6, 6.07) is 0. The van der Waals surface area contributed by atoms with Gasteiger partial charge in [-0.05, 0) is 7.05 Å². The van der Waals surface area contributed by atoms with Gasteiger partial charge in [0.15, 0.2) is 0 Å². The van der Waals surface area contributed by atoms with Gasteiger partial charge in [0.25, 0.3) is 0 Å². The van der Waals surface area contributed by atoms with Crippen molar-refractivity contribution in [3.05, 3.63) is 0 Å². The number of hydrogen-bond acceptors (Lipinski definition) is 4. The Hall–Kier alpha value is -0.650. The minimum absolute atomic E-state index is 0.00953. The van der Waals surface area contributed by atoms with E-state index < -0.39 is 0 Å². The minimum atomic E-state index is -0.0768. The molecule has 0 aliphatic carbocycles. The molecule has 0 aliphatic rings. The molecular formula is C14H30N2O3. The summed E-state index contributed by atoms with van der Waals surface area (Å²) in [5.41, 5.74) is -0.0627. The van der Waals surface area contributed by atoms with Crippen LogP contribution in [0.2, 0.25) is 0 Å². The fraction of sp³-hybridized carbons (Fsp3) is 0.929. The first-order chi connectivity index (χ1) is 8.72. The maximum atomic E-state index is 11.4. The number of nitrogens with one attached hydrogen (secondary N) is 2. The summed E-state index contributed by atoms with van der Waals surface area (Å²) in [4.78, 5) is 11.4. The Kier molecular flexibility index (Phi) is 8.22. The predicted octanol–water partition coefficient (Wildman–Crippen LogP) is 1.04. The van der Waals surface area contributed by atoms with Crippen molar-refractivity contribution in [1.29, 1.82) is 0 Å². The van der Waals surface area contributed by atoms with Crippen LogP contribution in [0.25, 0.3) is 0 Å². The zero-order valence-electron chi connectivity index (χ0n) is 13.3. The lowest BCUT2D eigenvalue weighted by Gasteiger charge is -2.28. The number of carbonyl (C=O) groups excluding carboxylic acids is 1. The molecule has 0 radical (unpaired) electrons. The summed E-state index contributed by atoms with van der Waals surface area (Å²) in [5.74, 6) is 0.00953. The maximum absolute atomic E-state index is 11.4. The summed E-state index contributed by atoms with van der Waals surface area (Å²) in [7, 11) is 3.45. The average molecular weight is 274 g/mol. The summed E-state index contributed by atoms with van der Waals surface area (Å²) in [5, 5.41) is 5.71. The van der Waals surface area contributed by atoms with Gasteiger partial charge in [-0.25, -0.2) is 0 Å². The summed E-state index contributed by atoms with van der Waals surface area (Å²) in [6.07, 6.45) is 0. The van der Waals surface area contributed by atoms with Crippen LogP contribution in [0.5, 0.6) is 0 Å². The van der Waals surface area contributed by atoms with Crippen molar-refractivity contribution in [1.82, 2.24) is 10.6 Å². The van der Waals surface area contributed by atoms with Crippen LogP contribution in [0, 0.1) is 10.8 Å². The quantitative estimate of drug-likeness (QED) is 0.625. The van der Waals surface area contributed by atoms with Crippen LogP contribution in [0.4, 0.5) is 0 Å². The standard InChI is InChI=1S/C14H30N2O3/c1-13(2,8-16-12(17)7-15-5)10-19-11-14(3,4)9-18-6/h15H,7-11H2,1-6H3,(H,16,17). The molecule has 1 amide bonds. The molecule has 0 aromatic heterocycles. The van der Waals surface area contributed by atoms with E-state index in [4.69, 9.17) is 9.47 Å². The van der Waals surface area contributed by atoms with Crippen LogP contribution in [0.3, 0.4) is 0 Å². The Morgan fingerprint density at radius 2 is 1.63 bits per heavy atom. The molecule has 0 fully saturated rings. The van der Waals surface area contributed by atoms with E-state index in [0.717, 1.165) is 0 Å². The fourth-order valence-electron chi connectivity index (χ4n) is 1.65. The smallest absolute Gasteiger partial charge is 0.233 e. The number of hydrogen-bond donors (Lipinski definition) is 2. The third-order valence-electron chi connectivity index (χ3n) is 2.62. The molecule has 114 valence electrons. The molecule has 0 aromatic carbocycles. The van der Waals surface area contributed by atoms with E-state index in [-0.39, 0.29) is 16.7 Å². The van der Waals surface area contributed by atoms with Gasteiger partial charge in [0, 0.05) is 24.5 Å². The molecule has 0 aromatic rings. The van der Waals surface area contributed by atoms with Crippen LogP contribution in [0.15, 0.2) is 0 Å². The fourth-order valence-corrected chi connectivity index (χ4v) is 1.65. The molecule has 5 heteroatoms. The second-order valence-corrected chi connectivity index (χ2v) is 6.56. The Bertz CT molecular complexity index is 265. The van der Waals surface area contributed by atoms with E-state index in [1.54, 1.807) is 14.2 Å². The van der Waals surface area contributed by atoms with E-state index in [2.05, 4.69) is 38.3 Å². The monoisotopic (exact) mass is 274 g/mol. The number of likely N-dealkylation sites (N-methyl/N-ethyl adjacent to an activating group) is 1. The van der Waals surface area contributed by atoms with E-state index in [0.29, 0.717) is 32.9 Å². The molecule has 0 rings (SSSR count). The molecule has 5 nitrogen and oxygen atoms in total. The van der Waals surface area contributed by atoms with Crippen molar-refractivity contribution in [2.24, 2.45) is 10.8 Å². The van der Waals surface area contributed by atoms with Crippen LogP contribution in [-0.4, -0.2) is 53.0 Å². The maximum Gasteiger partial charge on any atom is 0.233 e. The normalized spacial score (nSPS) is 12.5. The summed E-state index contributed by atoms with van der Waals surface area (Å²) in [6.45, 7) is 11.3. The first kappa shape index (κ1) is 18.4. The van der Waals surface area contributed by atoms with Crippen molar-refractivity contribution in [2.75, 3.05) is 47.1 Å². The third kappa shape index (κ3) is 9.87. The van der Waals surface area contributed by atoms with Gasteiger partial charge < -0.3 is 20.1 Å². The lowest BCUT2D eigenvalue weighted by atomic mass is 9.93. The van der Waals surface area contributed by atoms with Crippen molar-refractivity contribution in [2.45, 2.75) is 27.7 Å². The van der Waals surface area contributed by atoms with Gasteiger partial charge in [0.2, 0.25) is 5.91 Å². The van der Waals surface area contributed by atoms with Crippen LogP contribution in [-0.2, 0) is 14.3 Å². The number of rotatable bonds is 10. The highest BCUT2D eigenvalue weighted by Gasteiger charge is 2.23. The van der Waals surface area contributed by atoms with Gasteiger partial charge in [-0.2, -0.15) is 0 Å². The highest BCUT2D eigenvalue weighted by molar-refractivity contribution is 5.77. The average Bonchev–Trinajstić information content (AvgIpc) is 2.26. The van der Waals surface area contributed by atoms with Crippen molar-refractivity contribution in [3.63, 3.8) is 0 Å². The molecule has 2 N–H and O–H groups in total. The number of methoxy groups -OCH3 is 1. The van der Waals surface area contributed by atoms with Gasteiger partial charge in [0.1, 0.15) is 0 Å². The Labute approximate surface area is 117 Å². The molecule has 0 heterocycles. The first-order valence-corrected chi connectivity index (χ1v) is 6.70. The largest absolute Gasteiger partial charge is 0.384 e. The zero-order valence-corrected chi connectivity index (χ0v) is 13.3.